The molecule has 19 heavy (non-hydrogen) atoms. The molecule has 4 heteroatoms. The van der Waals surface area contributed by atoms with E-state index < -0.39 is 0 Å². The van der Waals surface area contributed by atoms with Crippen molar-refractivity contribution in [1.82, 2.24) is 10.2 Å². The Morgan fingerprint density at radius 2 is 2.21 bits per heavy atom. The van der Waals surface area contributed by atoms with Crippen LogP contribution >= 0.6 is 15.9 Å². The van der Waals surface area contributed by atoms with Crippen LogP contribution in [0.2, 0.25) is 0 Å². The molecule has 2 rings (SSSR count). The second-order valence-corrected chi connectivity index (χ2v) is 6.88. The number of nitrogens with zero attached hydrogens (tertiary/aromatic N) is 1. The van der Waals surface area contributed by atoms with Gasteiger partial charge in [-0.1, -0.05) is 28.9 Å². The molecule has 0 spiro atoms. The first-order chi connectivity index (χ1) is 8.91. The number of piperazine rings is 1. The summed E-state index contributed by atoms with van der Waals surface area (Å²) in [5.41, 5.74) is 0.872. The zero-order valence-corrected chi connectivity index (χ0v) is 13.4. The molecule has 1 aliphatic rings. The summed E-state index contributed by atoms with van der Waals surface area (Å²) >= 11 is 3.30. The Bertz CT molecular complexity index is 448. The van der Waals surface area contributed by atoms with E-state index in [1.807, 2.05) is 12.1 Å². The van der Waals surface area contributed by atoms with E-state index >= 15 is 0 Å². The van der Waals surface area contributed by atoms with Gasteiger partial charge in [0.05, 0.1) is 0 Å². The second-order valence-electron chi connectivity index (χ2n) is 5.97. The van der Waals surface area contributed by atoms with Crippen LogP contribution in [0.3, 0.4) is 0 Å². The van der Waals surface area contributed by atoms with E-state index in [0.717, 1.165) is 29.5 Å². The molecule has 2 nitrogen and oxygen atoms in total. The van der Waals surface area contributed by atoms with Crippen molar-refractivity contribution in [3.05, 3.63) is 34.1 Å². The number of hydrogen-bond donors (Lipinski definition) is 1. The van der Waals surface area contributed by atoms with E-state index in [-0.39, 0.29) is 11.4 Å². The second kappa shape index (κ2) is 5.90. The van der Waals surface area contributed by atoms with Gasteiger partial charge in [0.15, 0.2) is 0 Å². The van der Waals surface area contributed by atoms with Crippen molar-refractivity contribution in [2.45, 2.75) is 45.3 Å². The van der Waals surface area contributed by atoms with Crippen molar-refractivity contribution in [3.63, 3.8) is 0 Å². The quantitative estimate of drug-likeness (QED) is 0.912. The van der Waals surface area contributed by atoms with Crippen molar-refractivity contribution in [1.29, 1.82) is 0 Å². The molecule has 1 atom stereocenters. The Morgan fingerprint density at radius 1 is 1.47 bits per heavy atom. The minimum Gasteiger partial charge on any atom is -0.309 e. The topological polar surface area (TPSA) is 15.3 Å². The number of benzene rings is 1. The average molecular weight is 329 g/mol. The normalized spacial score (nSPS) is 23.5. The van der Waals surface area contributed by atoms with Crippen LogP contribution in [0.1, 0.15) is 32.8 Å². The fourth-order valence-corrected chi connectivity index (χ4v) is 3.01. The lowest BCUT2D eigenvalue weighted by atomic mass is 9.97. The predicted octanol–water partition coefficient (Wildman–Crippen LogP) is 3.55. The van der Waals surface area contributed by atoms with Crippen LogP contribution in [0, 0.1) is 5.82 Å². The van der Waals surface area contributed by atoms with Crippen molar-refractivity contribution in [2.24, 2.45) is 0 Å². The van der Waals surface area contributed by atoms with E-state index in [9.17, 15) is 4.39 Å². The van der Waals surface area contributed by atoms with Crippen LogP contribution in [-0.2, 0) is 6.54 Å². The molecule has 0 bridgehead atoms. The van der Waals surface area contributed by atoms with Crippen molar-refractivity contribution < 1.29 is 4.39 Å². The SMILES string of the molecule is CCC1CNC(C)(C)CN1Cc1ccc(Br)cc1F. The largest absolute Gasteiger partial charge is 0.309 e. The molecule has 0 amide bonds. The van der Waals surface area contributed by atoms with Gasteiger partial charge in [-0.15, -0.1) is 0 Å². The summed E-state index contributed by atoms with van der Waals surface area (Å²) in [6.07, 6.45) is 1.08. The van der Waals surface area contributed by atoms with Crippen molar-refractivity contribution >= 4 is 15.9 Å². The average Bonchev–Trinajstić information content (AvgIpc) is 2.32. The molecule has 0 aromatic heterocycles. The summed E-state index contributed by atoms with van der Waals surface area (Å²) in [5, 5.41) is 3.56. The maximum atomic E-state index is 14.0. The molecule has 0 radical (unpaired) electrons. The number of nitrogens with one attached hydrogen (secondary N) is 1. The standard InChI is InChI=1S/C15H22BrFN2/c1-4-13-8-18-15(2,3)10-19(13)9-11-5-6-12(16)7-14(11)17/h5-7,13,18H,4,8-10H2,1-3H3. The molecule has 1 fully saturated rings. The Kier molecular flexibility index (Phi) is 4.64. The van der Waals surface area contributed by atoms with Gasteiger partial charge in [0.1, 0.15) is 5.82 Å². The highest BCUT2D eigenvalue weighted by molar-refractivity contribution is 9.10. The van der Waals surface area contributed by atoms with Gasteiger partial charge in [-0.3, -0.25) is 4.90 Å². The molecule has 0 aliphatic carbocycles. The molecule has 1 unspecified atom stereocenters. The monoisotopic (exact) mass is 328 g/mol. The number of halogens is 2. The lowest BCUT2D eigenvalue weighted by molar-refractivity contribution is 0.0848. The minimum absolute atomic E-state index is 0.0948. The van der Waals surface area contributed by atoms with E-state index in [1.165, 1.54) is 0 Å². The van der Waals surface area contributed by atoms with Crippen LogP contribution in [0.25, 0.3) is 0 Å². The van der Waals surface area contributed by atoms with Gasteiger partial charge in [-0.2, -0.15) is 0 Å². The molecular formula is C15H22BrFN2. The first-order valence-electron chi connectivity index (χ1n) is 6.84. The molecule has 1 saturated heterocycles. The van der Waals surface area contributed by atoms with Crippen LogP contribution in [0.15, 0.2) is 22.7 Å². The summed E-state index contributed by atoms with van der Waals surface area (Å²) in [7, 11) is 0. The summed E-state index contributed by atoms with van der Waals surface area (Å²) in [6.45, 7) is 9.19. The highest BCUT2D eigenvalue weighted by Gasteiger charge is 2.31. The molecule has 0 saturated carbocycles. The van der Waals surface area contributed by atoms with Gasteiger partial charge >= 0.3 is 0 Å². The number of hydrogen-bond acceptors (Lipinski definition) is 2. The highest BCUT2D eigenvalue weighted by Crippen LogP contribution is 2.22. The third-order valence-electron chi connectivity index (χ3n) is 3.79. The summed E-state index contributed by atoms with van der Waals surface area (Å²) in [6, 6.07) is 5.81. The van der Waals surface area contributed by atoms with Gasteiger partial charge in [0, 0.05) is 41.3 Å². The predicted molar refractivity (Wildman–Crippen MR) is 80.7 cm³/mol. The van der Waals surface area contributed by atoms with Gasteiger partial charge in [-0.25, -0.2) is 4.39 Å². The third kappa shape index (κ3) is 3.77. The summed E-state index contributed by atoms with van der Waals surface area (Å²) in [5.74, 6) is -0.124. The first kappa shape index (κ1) is 14.9. The van der Waals surface area contributed by atoms with Crippen LogP contribution in [-0.4, -0.2) is 29.6 Å². The molecule has 1 aromatic carbocycles. The van der Waals surface area contributed by atoms with E-state index in [2.05, 4.69) is 46.9 Å². The lowest BCUT2D eigenvalue weighted by Gasteiger charge is -2.44. The zero-order chi connectivity index (χ0) is 14.0. The molecular weight excluding hydrogens is 307 g/mol. The Hall–Kier alpha value is -0.450. The maximum absolute atomic E-state index is 14.0. The Labute approximate surface area is 123 Å². The first-order valence-corrected chi connectivity index (χ1v) is 7.63. The Balaban J connectivity index is 2.14. The lowest BCUT2D eigenvalue weighted by Crippen LogP contribution is -2.61. The van der Waals surface area contributed by atoms with Crippen LogP contribution < -0.4 is 5.32 Å². The highest BCUT2D eigenvalue weighted by atomic mass is 79.9. The van der Waals surface area contributed by atoms with Gasteiger partial charge in [-0.05, 0) is 32.4 Å². The molecule has 106 valence electrons. The maximum Gasteiger partial charge on any atom is 0.128 e. The fraction of sp³-hybridized carbons (Fsp3) is 0.600. The van der Waals surface area contributed by atoms with Crippen molar-refractivity contribution in [2.75, 3.05) is 13.1 Å². The van der Waals surface area contributed by atoms with E-state index in [1.54, 1.807) is 6.07 Å². The molecule has 1 aromatic rings. The fourth-order valence-electron chi connectivity index (χ4n) is 2.67. The van der Waals surface area contributed by atoms with Crippen molar-refractivity contribution in [3.8, 4) is 0 Å². The van der Waals surface area contributed by atoms with E-state index in [0.29, 0.717) is 12.6 Å². The molecule has 1 heterocycles. The zero-order valence-electron chi connectivity index (χ0n) is 11.8. The van der Waals surface area contributed by atoms with Gasteiger partial charge in [0.2, 0.25) is 0 Å². The van der Waals surface area contributed by atoms with Crippen LogP contribution in [0.5, 0.6) is 0 Å². The van der Waals surface area contributed by atoms with Gasteiger partial charge in [0.25, 0.3) is 0 Å². The smallest absolute Gasteiger partial charge is 0.128 e. The summed E-state index contributed by atoms with van der Waals surface area (Å²) in [4.78, 5) is 2.39. The van der Waals surface area contributed by atoms with E-state index in [4.69, 9.17) is 0 Å². The third-order valence-corrected chi connectivity index (χ3v) is 4.28. The Morgan fingerprint density at radius 3 is 2.84 bits per heavy atom. The minimum atomic E-state index is -0.124. The molecule has 1 aliphatic heterocycles. The van der Waals surface area contributed by atoms with Crippen LogP contribution in [0.4, 0.5) is 4.39 Å². The summed E-state index contributed by atoms with van der Waals surface area (Å²) < 4.78 is 14.7. The number of rotatable bonds is 3. The molecule has 1 N–H and O–H groups in total. The van der Waals surface area contributed by atoms with Gasteiger partial charge < -0.3 is 5.32 Å².